The summed E-state index contributed by atoms with van der Waals surface area (Å²) in [6, 6.07) is 1.01. The van der Waals surface area contributed by atoms with Crippen LogP contribution in [0.2, 0.25) is 0 Å². The summed E-state index contributed by atoms with van der Waals surface area (Å²) in [7, 11) is 0. The number of carboxylic acid groups (broad SMARTS) is 1. The van der Waals surface area contributed by atoms with Crippen LogP contribution in [0.4, 0.5) is 4.39 Å². The van der Waals surface area contributed by atoms with Crippen molar-refractivity contribution >= 4 is 12.4 Å². The minimum absolute atomic E-state index is 0.0714. The van der Waals surface area contributed by atoms with E-state index < -0.39 is 17.3 Å². The van der Waals surface area contributed by atoms with E-state index in [2.05, 4.69) is 10.3 Å². The van der Waals surface area contributed by atoms with Crippen molar-refractivity contribution in [2.45, 2.75) is 12.5 Å². The molecule has 6 heteroatoms. The van der Waals surface area contributed by atoms with Crippen molar-refractivity contribution in [2.24, 2.45) is 0 Å². The number of amides is 1. The van der Waals surface area contributed by atoms with Gasteiger partial charge in [-0.3, -0.25) is 9.78 Å². The number of nitrogens with one attached hydrogen (secondary N) is 1. The van der Waals surface area contributed by atoms with Crippen LogP contribution in [-0.4, -0.2) is 22.5 Å². The largest absolute Gasteiger partial charge is 0.479 e. The molecule has 0 aliphatic heterocycles. The molecule has 0 bridgehead atoms. The number of carboxylic acids is 1. The number of hydrogen-bond donors (Lipinski definition) is 2. The lowest BCUT2D eigenvalue weighted by Gasteiger charge is -2.23. The van der Waals surface area contributed by atoms with Gasteiger partial charge in [-0.05, 0) is 13.0 Å². The zero-order valence-corrected chi connectivity index (χ0v) is 7.90. The van der Waals surface area contributed by atoms with Crippen molar-refractivity contribution in [2.75, 3.05) is 0 Å². The molecule has 0 radical (unpaired) electrons. The van der Waals surface area contributed by atoms with Crippen molar-refractivity contribution in [1.29, 1.82) is 0 Å². The summed E-state index contributed by atoms with van der Waals surface area (Å²) in [6.45, 7) is 1.25. The first-order chi connectivity index (χ1) is 7.00. The van der Waals surface area contributed by atoms with Gasteiger partial charge in [0.2, 0.25) is 6.41 Å². The fourth-order valence-electron chi connectivity index (χ4n) is 1.07. The van der Waals surface area contributed by atoms with E-state index in [1.165, 1.54) is 13.1 Å². The number of pyridine rings is 1. The van der Waals surface area contributed by atoms with Gasteiger partial charge in [-0.15, -0.1) is 0 Å². The van der Waals surface area contributed by atoms with Gasteiger partial charge >= 0.3 is 5.97 Å². The van der Waals surface area contributed by atoms with E-state index in [0.29, 0.717) is 0 Å². The molecule has 0 spiro atoms. The van der Waals surface area contributed by atoms with Gasteiger partial charge in [0, 0.05) is 11.8 Å². The van der Waals surface area contributed by atoms with Crippen LogP contribution in [0.5, 0.6) is 0 Å². The van der Waals surface area contributed by atoms with Crippen molar-refractivity contribution < 1.29 is 19.1 Å². The van der Waals surface area contributed by atoms with E-state index in [4.69, 9.17) is 5.11 Å². The van der Waals surface area contributed by atoms with Crippen molar-refractivity contribution in [3.05, 3.63) is 29.8 Å². The summed E-state index contributed by atoms with van der Waals surface area (Å²) in [5.41, 5.74) is -1.60. The molecule has 1 amide bonds. The number of aliphatic carboxylic acids is 1. The molecule has 15 heavy (non-hydrogen) atoms. The Morgan fingerprint density at radius 1 is 1.67 bits per heavy atom. The topological polar surface area (TPSA) is 79.3 Å². The molecule has 0 aromatic carbocycles. The second-order valence-corrected chi connectivity index (χ2v) is 3.08. The first-order valence-corrected chi connectivity index (χ1v) is 4.06. The first kappa shape index (κ1) is 11.1. The maximum absolute atomic E-state index is 12.8. The van der Waals surface area contributed by atoms with Crippen LogP contribution in [-0.2, 0) is 15.1 Å². The Bertz CT molecular complexity index is 397. The molecule has 1 heterocycles. The lowest BCUT2D eigenvalue weighted by molar-refractivity contribution is -0.145. The molecular weight excluding hydrogens is 203 g/mol. The maximum atomic E-state index is 12.8. The fraction of sp³-hybridized carbons (Fsp3) is 0.222. The molecule has 0 saturated carbocycles. The smallest absolute Gasteiger partial charge is 0.333 e. The normalized spacial score (nSPS) is 14.0. The lowest BCUT2D eigenvalue weighted by atomic mass is 9.94. The highest BCUT2D eigenvalue weighted by molar-refractivity contribution is 5.82. The van der Waals surface area contributed by atoms with Gasteiger partial charge in [0.15, 0.2) is 5.54 Å². The third kappa shape index (κ3) is 2.09. The highest BCUT2D eigenvalue weighted by atomic mass is 19.1. The quantitative estimate of drug-likeness (QED) is 0.702. The minimum atomic E-state index is -1.67. The van der Waals surface area contributed by atoms with E-state index >= 15 is 0 Å². The Morgan fingerprint density at radius 2 is 2.33 bits per heavy atom. The maximum Gasteiger partial charge on any atom is 0.333 e. The molecule has 1 unspecified atom stereocenters. The Balaban J connectivity index is 3.20. The predicted octanol–water partition coefficient (Wildman–Crippen LogP) is 0.266. The molecule has 1 aromatic heterocycles. The van der Waals surface area contributed by atoms with E-state index in [1.807, 2.05) is 0 Å². The number of aromatic nitrogens is 1. The SMILES string of the molecule is CC(NC=O)(C(=O)O)c1cncc(F)c1. The second kappa shape index (κ2) is 4.04. The standard InChI is InChI=1S/C9H9FN2O3/c1-9(8(14)15,12-5-13)6-2-7(10)4-11-3-6/h2-5H,1H3,(H,12,13)(H,14,15). The molecule has 2 N–H and O–H groups in total. The highest BCUT2D eigenvalue weighted by Crippen LogP contribution is 2.20. The van der Waals surface area contributed by atoms with Crippen LogP contribution in [0.15, 0.2) is 18.5 Å². The first-order valence-electron chi connectivity index (χ1n) is 4.06. The molecule has 0 fully saturated rings. The molecule has 0 saturated heterocycles. The highest BCUT2D eigenvalue weighted by Gasteiger charge is 2.35. The van der Waals surface area contributed by atoms with Gasteiger partial charge in [0.05, 0.1) is 6.20 Å². The molecule has 0 aliphatic rings. The van der Waals surface area contributed by atoms with Gasteiger partial charge in [-0.25, -0.2) is 9.18 Å². The summed E-state index contributed by atoms with van der Waals surface area (Å²) < 4.78 is 12.8. The lowest BCUT2D eigenvalue weighted by Crippen LogP contribution is -2.46. The molecule has 1 atom stereocenters. The fourth-order valence-corrected chi connectivity index (χ4v) is 1.07. The van der Waals surface area contributed by atoms with Crippen molar-refractivity contribution in [3.8, 4) is 0 Å². The van der Waals surface area contributed by atoms with E-state index in [0.717, 1.165) is 12.3 Å². The summed E-state index contributed by atoms with van der Waals surface area (Å²) in [5.74, 6) is -1.95. The predicted molar refractivity (Wildman–Crippen MR) is 48.4 cm³/mol. The van der Waals surface area contributed by atoms with Gasteiger partial charge < -0.3 is 10.4 Å². The zero-order chi connectivity index (χ0) is 11.5. The number of halogens is 1. The van der Waals surface area contributed by atoms with Crippen molar-refractivity contribution in [1.82, 2.24) is 10.3 Å². The number of carbonyl (C=O) groups excluding carboxylic acids is 1. The van der Waals surface area contributed by atoms with Crippen LogP contribution in [0.3, 0.4) is 0 Å². The molecule has 0 aliphatic carbocycles. The third-order valence-corrected chi connectivity index (χ3v) is 2.06. The van der Waals surface area contributed by atoms with Gasteiger partial charge in [0.25, 0.3) is 0 Å². The third-order valence-electron chi connectivity index (χ3n) is 2.06. The van der Waals surface area contributed by atoms with Crippen LogP contribution in [0.1, 0.15) is 12.5 Å². The average molecular weight is 212 g/mol. The van der Waals surface area contributed by atoms with E-state index in [-0.39, 0.29) is 12.0 Å². The average Bonchev–Trinajstić information content (AvgIpc) is 2.17. The van der Waals surface area contributed by atoms with Gasteiger partial charge in [0.1, 0.15) is 5.82 Å². The minimum Gasteiger partial charge on any atom is -0.479 e. The summed E-state index contributed by atoms with van der Waals surface area (Å²) in [6.07, 6.45) is 2.39. The Morgan fingerprint density at radius 3 is 2.80 bits per heavy atom. The zero-order valence-electron chi connectivity index (χ0n) is 7.90. The number of rotatable bonds is 4. The van der Waals surface area contributed by atoms with Crippen LogP contribution in [0.25, 0.3) is 0 Å². The van der Waals surface area contributed by atoms with E-state index in [1.54, 1.807) is 0 Å². The second-order valence-electron chi connectivity index (χ2n) is 3.08. The van der Waals surface area contributed by atoms with Crippen LogP contribution in [0, 0.1) is 5.82 Å². The molecule has 5 nitrogen and oxygen atoms in total. The monoisotopic (exact) mass is 212 g/mol. The molecular formula is C9H9FN2O3. The van der Waals surface area contributed by atoms with Crippen LogP contribution >= 0.6 is 0 Å². The van der Waals surface area contributed by atoms with E-state index in [9.17, 15) is 14.0 Å². The summed E-state index contributed by atoms with van der Waals surface area (Å²) in [5, 5.41) is 11.1. The number of hydrogen-bond acceptors (Lipinski definition) is 3. The number of nitrogens with zero attached hydrogens (tertiary/aromatic N) is 1. The molecule has 80 valence electrons. The van der Waals surface area contributed by atoms with Crippen molar-refractivity contribution in [3.63, 3.8) is 0 Å². The Labute approximate surface area is 84.9 Å². The molecule has 1 rings (SSSR count). The van der Waals surface area contributed by atoms with Crippen LogP contribution < -0.4 is 5.32 Å². The summed E-state index contributed by atoms with van der Waals surface area (Å²) >= 11 is 0. The Hall–Kier alpha value is -1.98. The van der Waals surface area contributed by atoms with Gasteiger partial charge in [-0.2, -0.15) is 0 Å². The summed E-state index contributed by atoms with van der Waals surface area (Å²) in [4.78, 5) is 24.8. The molecule has 1 aromatic rings. The Kier molecular flexibility index (Phi) is 2.99. The van der Waals surface area contributed by atoms with Gasteiger partial charge in [-0.1, -0.05) is 0 Å². The number of carbonyl (C=O) groups is 2.